The topological polar surface area (TPSA) is 69.1 Å². The molecule has 1 atom stereocenters. The Labute approximate surface area is 119 Å². The minimum Gasteiger partial charge on any atom is -0.430 e. The minimum absolute atomic E-state index is 0.242. The van der Waals surface area contributed by atoms with Crippen LogP contribution in [-0.4, -0.2) is 9.19 Å². The van der Waals surface area contributed by atoms with Crippen LogP contribution in [-0.2, 0) is 16.6 Å². The second-order valence-electron chi connectivity index (χ2n) is 4.68. The number of benzene rings is 2. The van der Waals surface area contributed by atoms with Gasteiger partial charge in [-0.25, -0.2) is 9.19 Å². The first-order chi connectivity index (χ1) is 9.61. The third-order valence-electron chi connectivity index (χ3n) is 3.01. The van der Waals surface area contributed by atoms with Crippen molar-refractivity contribution in [3.8, 4) is 0 Å². The second-order valence-corrected chi connectivity index (χ2v) is 6.01. The van der Waals surface area contributed by atoms with Gasteiger partial charge in [0, 0.05) is 5.69 Å². The molecule has 0 aliphatic rings. The van der Waals surface area contributed by atoms with Crippen LogP contribution in [0, 0.1) is 6.92 Å². The molecule has 20 heavy (non-hydrogen) atoms. The minimum atomic E-state index is -1.30. The fourth-order valence-electron chi connectivity index (χ4n) is 1.92. The standard InChI is InChI=1S/C15H14N2O2S/c1-10-2-4-11(5-3-10)9-20(18)15-17-13-8-12(16)6-7-14(13)19-15/h2-8H,9,16H2,1H3. The zero-order chi connectivity index (χ0) is 14.1. The lowest BCUT2D eigenvalue weighted by Crippen LogP contribution is -1.96. The molecule has 1 unspecified atom stereocenters. The van der Waals surface area contributed by atoms with Crippen LogP contribution >= 0.6 is 0 Å². The molecule has 0 radical (unpaired) electrons. The van der Waals surface area contributed by atoms with Gasteiger partial charge in [0.05, 0.1) is 5.75 Å². The van der Waals surface area contributed by atoms with Crippen LogP contribution in [0.3, 0.4) is 0 Å². The molecule has 2 N–H and O–H groups in total. The van der Waals surface area contributed by atoms with E-state index in [4.69, 9.17) is 10.2 Å². The van der Waals surface area contributed by atoms with Crippen molar-refractivity contribution in [2.75, 3.05) is 5.73 Å². The van der Waals surface area contributed by atoms with E-state index in [9.17, 15) is 4.21 Å². The Bertz CT molecular complexity index is 778. The monoisotopic (exact) mass is 286 g/mol. The highest BCUT2D eigenvalue weighted by Crippen LogP contribution is 2.21. The van der Waals surface area contributed by atoms with Gasteiger partial charge in [-0.15, -0.1) is 0 Å². The van der Waals surface area contributed by atoms with Gasteiger partial charge in [-0.2, -0.15) is 0 Å². The average molecular weight is 286 g/mol. The first-order valence-electron chi connectivity index (χ1n) is 6.22. The van der Waals surface area contributed by atoms with Gasteiger partial charge in [0.15, 0.2) is 5.58 Å². The number of aromatic nitrogens is 1. The van der Waals surface area contributed by atoms with Gasteiger partial charge < -0.3 is 10.2 Å². The predicted molar refractivity (Wildman–Crippen MR) is 79.7 cm³/mol. The Balaban J connectivity index is 1.86. The quantitative estimate of drug-likeness (QED) is 0.751. The van der Waals surface area contributed by atoms with Gasteiger partial charge in [0.25, 0.3) is 5.22 Å². The predicted octanol–water partition coefficient (Wildman–Crippen LogP) is 3.03. The number of nitrogens with zero attached hydrogens (tertiary/aromatic N) is 1. The van der Waals surface area contributed by atoms with E-state index in [0.29, 0.717) is 22.5 Å². The SMILES string of the molecule is Cc1ccc(CS(=O)c2nc3cc(N)ccc3o2)cc1. The summed E-state index contributed by atoms with van der Waals surface area (Å²) in [5.41, 5.74) is 9.72. The third-order valence-corrected chi connectivity index (χ3v) is 4.16. The van der Waals surface area contributed by atoms with Crippen molar-refractivity contribution in [3.05, 3.63) is 53.6 Å². The van der Waals surface area contributed by atoms with Crippen LogP contribution in [0.1, 0.15) is 11.1 Å². The molecule has 0 aliphatic carbocycles. The Morgan fingerprint density at radius 1 is 1.20 bits per heavy atom. The number of nitrogen functional groups attached to an aromatic ring is 1. The molecule has 0 fully saturated rings. The molecule has 0 saturated carbocycles. The highest BCUT2D eigenvalue weighted by atomic mass is 32.2. The molecule has 3 aromatic rings. The van der Waals surface area contributed by atoms with Crippen LogP contribution in [0.4, 0.5) is 5.69 Å². The van der Waals surface area contributed by atoms with E-state index in [1.807, 2.05) is 31.2 Å². The van der Waals surface area contributed by atoms with Crippen molar-refractivity contribution in [2.24, 2.45) is 0 Å². The van der Waals surface area contributed by atoms with Crippen molar-refractivity contribution in [2.45, 2.75) is 17.9 Å². The maximum atomic E-state index is 12.3. The molecule has 2 aromatic carbocycles. The molecule has 0 amide bonds. The molecule has 4 nitrogen and oxygen atoms in total. The molecule has 0 saturated heterocycles. The van der Waals surface area contributed by atoms with E-state index < -0.39 is 10.8 Å². The smallest absolute Gasteiger partial charge is 0.288 e. The number of nitrogens with two attached hydrogens (primary N) is 1. The average Bonchev–Trinajstić information content (AvgIpc) is 2.84. The molecule has 5 heteroatoms. The number of rotatable bonds is 3. The fraction of sp³-hybridized carbons (Fsp3) is 0.133. The Morgan fingerprint density at radius 2 is 1.95 bits per heavy atom. The lowest BCUT2D eigenvalue weighted by molar-refractivity contribution is 0.477. The molecule has 102 valence electrons. The van der Waals surface area contributed by atoms with E-state index in [1.165, 1.54) is 5.56 Å². The largest absolute Gasteiger partial charge is 0.430 e. The number of hydrogen-bond acceptors (Lipinski definition) is 4. The lowest BCUT2D eigenvalue weighted by atomic mass is 10.2. The van der Waals surface area contributed by atoms with Crippen LogP contribution < -0.4 is 5.73 Å². The van der Waals surface area contributed by atoms with Gasteiger partial charge in [0.1, 0.15) is 16.3 Å². The summed E-state index contributed by atoms with van der Waals surface area (Å²) in [7, 11) is -1.30. The number of fused-ring (bicyclic) bond motifs is 1. The van der Waals surface area contributed by atoms with Gasteiger partial charge in [-0.05, 0) is 30.7 Å². The van der Waals surface area contributed by atoms with E-state index in [2.05, 4.69) is 4.98 Å². The van der Waals surface area contributed by atoms with Crippen molar-refractivity contribution < 1.29 is 8.63 Å². The summed E-state index contributed by atoms with van der Waals surface area (Å²) in [4.78, 5) is 4.24. The summed E-state index contributed by atoms with van der Waals surface area (Å²) in [5.74, 6) is 0.391. The van der Waals surface area contributed by atoms with Crippen molar-refractivity contribution in [3.63, 3.8) is 0 Å². The number of anilines is 1. The second kappa shape index (κ2) is 5.09. The first kappa shape index (κ1) is 12.9. The van der Waals surface area contributed by atoms with Crippen LogP contribution in [0.25, 0.3) is 11.1 Å². The first-order valence-corrected chi connectivity index (χ1v) is 7.54. The maximum Gasteiger partial charge on any atom is 0.288 e. The maximum absolute atomic E-state index is 12.3. The van der Waals surface area contributed by atoms with Crippen LogP contribution in [0.2, 0.25) is 0 Å². The highest BCUT2D eigenvalue weighted by Gasteiger charge is 2.13. The summed E-state index contributed by atoms with van der Waals surface area (Å²) >= 11 is 0. The Kier molecular flexibility index (Phi) is 3.28. The molecule has 0 spiro atoms. The summed E-state index contributed by atoms with van der Waals surface area (Å²) in [6.45, 7) is 2.02. The Hall–Kier alpha value is -2.14. The summed E-state index contributed by atoms with van der Waals surface area (Å²) in [6.07, 6.45) is 0. The van der Waals surface area contributed by atoms with Crippen LogP contribution in [0.15, 0.2) is 52.1 Å². The van der Waals surface area contributed by atoms with Crippen LogP contribution in [0.5, 0.6) is 0 Å². The van der Waals surface area contributed by atoms with Gasteiger partial charge >= 0.3 is 0 Å². The summed E-state index contributed by atoms with van der Waals surface area (Å²) < 4.78 is 17.8. The zero-order valence-corrected chi connectivity index (χ0v) is 11.8. The summed E-state index contributed by atoms with van der Waals surface area (Å²) in [5, 5.41) is 0.242. The third kappa shape index (κ3) is 2.58. The van der Waals surface area contributed by atoms with Gasteiger partial charge in [0.2, 0.25) is 0 Å². The zero-order valence-electron chi connectivity index (χ0n) is 11.0. The molecule has 1 aromatic heterocycles. The molecule has 0 aliphatic heterocycles. The highest BCUT2D eigenvalue weighted by molar-refractivity contribution is 7.84. The van der Waals surface area contributed by atoms with Crippen molar-refractivity contribution >= 4 is 27.6 Å². The van der Waals surface area contributed by atoms with E-state index in [-0.39, 0.29) is 5.22 Å². The number of oxazole rings is 1. The van der Waals surface area contributed by atoms with Crippen molar-refractivity contribution in [1.29, 1.82) is 0 Å². The lowest BCUT2D eigenvalue weighted by Gasteiger charge is -1.99. The van der Waals surface area contributed by atoms with Crippen molar-refractivity contribution in [1.82, 2.24) is 4.98 Å². The molecular formula is C15H14N2O2S. The Morgan fingerprint density at radius 3 is 2.70 bits per heavy atom. The van der Waals surface area contributed by atoms with E-state index >= 15 is 0 Å². The van der Waals surface area contributed by atoms with E-state index in [1.54, 1.807) is 18.2 Å². The van der Waals surface area contributed by atoms with Gasteiger partial charge in [-0.1, -0.05) is 29.8 Å². The molecule has 3 rings (SSSR count). The fourth-order valence-corrected chi connectivity index (χ4v) is 2.92. The van der Waals surface area contributed by atoms with E-state index in [0.717, 1.165) is 5.56 Å². The normalized spacial score (nSPS) is 12.7. The molecule has 1 heterocycles. The molecule has 0 bridgehead atoms. The molecular weight excluding hydrogens is 272 g/mol. The number of hydrogen-bond donors (Lipinski definition) is 1. The van der Waals surface area contributed by atoms with Gasteiger partial charge in [-0.3, -0.25) is 0 Å². The number of aryl methyl sites for hydroxylation is 1. The summed E-state index contributed by atoms with van der Waals surface area (Å²) in [6, 6.07) is 13.1.